The van der Waals surface area contributed by atoms with Gasteiger partial charge in [-0.15, -0.1) is 0 Å². The summed E-state index contributed by atoms with van der Waals surface area (Å²) in [5.41, 5.74) is 0. The largest absolute Gasteiger partial charge is 0.465 e. The Morgan fingerprint density at radius 2 is 1.93 bits per heavy atom. The summed E-state index contributed by atoms with van der Waals surface area (Å²) in [7, 11) is 0. The zero-order valence-corrected chi connectivity index (χ0v) is 8.48. The number of aliphatic hydroxyl groups is 1. The first-order valence-electron chi connectivity index (χ1n) is 5.32. The van der Waals surface area contributed by atoms with Gasteiger partial charge in [-0.25, -0.2) is 4.79 Å². The van der Waals surface area contributed by atoms with Crippen LogP contribution in [0.5, 0.6) is 0 Å². The summed E-state index contributed by atoms with van der Waals surface area (Å²) in [4.78, 5) is 11.6. The molecule has 82 valence electrons. The first-order valence-corrected chi connectivity index (χ1v) is 5.32. The van der Waals surface area contributed by atoms with Crippen LogP contribution in [-0.2, 0) is 0 Å². The number of aliphatic hydroxyl groups excluding tert-OH is 1. The van der Waals surface area contributed by atoms with Gasteiger partial charge in [0.15, 0.2) is 0 Å². The average Bonchev–Trinajstić information content (AvgIpc) is 2.20. The number of carbonyl (C=O) groups is 1. The Hall–Kier alpha value is -0.770. The highest BCUT2D eigenvalue weighted by Gasteiger charge is 2.16. The molecule has 0 spiro atoms. The standard InChI is InChI=1S/C10H19NO3/c12-8-11(10(13)14)7-6-9-4-2-1-3-5-9/h9,12H,1-8H2,(H,13,14). The van der Waals surface area contributed by atoms with Gasteiger partial charge in [0.1, 0.15) is 6.73 Å². The number of nitrogens with zero attached hydrogens (tertiary/aromatic N) is 1. The van der Waals surface area contributed by atoms with Crippen molar-refractivity contribution in [1.82, 2.24) is 4.90 Å². The summed E-state index contributed by atoms with van der Waals surface area (Å²) in [6.07, 6.45) is 6.18. The smallest absolute Gasteiger partial charge is 0.409 e. The molecule has 4 nitrogen and oxygen atoms in total. The van der Waals surface area contributed by atoms with Gasteiger partial charge in [0.05, 0.1) is 0 Å². The molecular weight excluding hydrogens is 182 g/mol. The van der Waals surface area contributed by atoms with Crippen molar-refractivity contribution in [3.05, 3.63) is 0 Å². The highest BCUT2D eigenvalue weighted by atomic mass is 16.4. The minimum Gasteiger partial charge on any atom is -0.465 e. The molecule has 0 heterocycles. The molecule has 1 aliphatic rings. The Morgan fingerprint density at radius 1 is 1.29 bits per heavy atom. The lowest BCUT2D eigenvalue weighted by atomic mass is 9.87. The number of hydrogen-bond donors (Lipinski definition) is 2. The second-order valence-electron chi connectivity index (χ2n) is 3.98. The van der Waals surface area contributed by atoms with Gasteiger partial charge in [0.2, 0.25) is 0 Å². The minimum atomic E-state index is -1.02. The second kappa shape index (κ2) is 5.86. The lowest BCUT2D eigenvalue weighted by Crippen LogP contribution is -2.32. The molecule has 1 amide bonds. The Bertz CT molecular complexity index is 178. The maximum Gasteiger partial charge on any atom is 0.409 e. The number of amides is 1. The van der Waals surface area contributed by atoms with E-state index < -0.39 is 6.09 Å². The van der Waals surface area contributed by atoms with Gasteiger partial charge in [-0.1, -0.05) is 32.1 Å². The number of rotatable bonds is 4. The zero-order chi connectivity index (χ0) is 10.4. The van der Waals surface area contributed by atoms with Crippen molar-refractivity contribution < 1.29 is 15.0 Å². The van der Waals surface area contributed by atoms with Crippen LogP contribution in [0.4, 0.5) is 4.79 Å². The fourth-order valence-electron chi connectivity index (χ4n) is 2.04. The van der Waals surface area contributed by atoms with Gasteiger partial charge >= 0.3 is 6.09 Å². The van der Waals surface area contributed by atoms with Crippen molar-refractivity contribution in [3.63, 3.8) is 0 Å². The van der Waals surface area contributed by atoms with Gasteiger partial charge in [0.25, 0.3) is 0 Å². The molecule has 1 rings (SSSR count). The van der Waals surface area contributed by atoms with Crippen LogP contribution >= 0.6 is 0 Å². The lowest BCUT2D eigenvalue weighted by Gasteiger charge is -2.24. The fourth-order valence-corrected chi connectivity index (χ4v) is 2.04. The third kappa shape index (κ3) is 3.54. The van der Waals surface area contributed by atoms with Crippen molar-refractivity contribution >= 4 is 6.09 Å². The maximum absolute atomic E-state index is 10.6. The van der Waals surface area contributed by atoms with Crippen molar-refractivity contribution in [2.24, 2.45) is 5.92 Å². The molecule has 1 saturated carbocycles. The molecule has 14 heavy (non-hydrogen) atoms. The fraction of sp³-hybridized carbons (Fsp3) is 0.900. The molecule has 0 atom stereocenters. The Labute approximate surface area is 84.5 Å². The van der Waals surface area contributed by atoms with Gasteiger partial charge in [-0.2, -0.15) is 0 Å². The molecule has 0 aliphatic heterocycles. The first kappa shape index (κ1) is 11.3. The lowest BCUT2D eigenvalue weighted by molar-refractivity contribution is 0.0836. The van der Waals surface area contributed by atoms with E-state index in [1.54, 1.807) is 0 Å². The van der Waals surface area contributed by atoms with E-state index in [0.717, 1.165) is 11.3 Å². The molecule has 0 unspecified atom stereocenters. The summed E-state index contributed by atoms with van der Waals surface area (Å²) >= 11 is 0. The highest BCUT2D eigenvalue weighted by molar-refractivity contribution is 5.64. The quantitative estimate of drug-likeness (QED) is 0.683. The molecule has 0 aromatic rings. The SMILES string of the molecule is O=C(O)N(CO)CCC1CCCCC1. The predicted molar refractivity (Wildman–Crippen MR) is 53.0 cm³/mol. The zero-order valence-electron chi connectivity index (χ0n) is 8.48. The number of hydrogen-bond acceptors (Lipinski definition) is 2. The average molecular weight is 201 g/mol. The van der Waals surface area contributed by atoms with Gasteiger partial charge in [-0.05, 0) is 12.3 Å². The van der Waals surface area contributed by atoms with Crippen molar-refractivity contribution in [1.29, 1.82) is 0 Å². The highest BCUT2D eigenvalue weighted by Crippen LogP contribution is 2.26. The molecule has 0 aromatic carbocycles. The van der Waals surface area contributed by atoms with Crippen molar-refractivity contribution in [2.75, 3.05) is 13.3 Å². The van der Waals surface area contributed by atoms with E-state index in [0.29, 0.717) is 12.5 Å². The van der Waals surface area contributed by atoms with E-state index in [1.165, 1.54) is 32.1 Å². The molecule has 0 saturated heterocycles. The summed E-state index contributed by atoms with van der Waals surface area (Å²) in [6.45, 7) is 0.0819. The van der Waals surface area contributed by atoms with Gasteiger partial charge in [0, 0.05) is 6.54 Å². The van der Waals surface area contributed by atoms with E-state index >= 15 is 0 Å². The molecule has 1 aliphatic carbocycles. The molecule has 0 bridgehead atoms. The Morgan fingerprint density at radius 3 is 2.43 bits per heavy atom. The molecule has 1 fully saturated rings. The summed E-state index contributed by atoms with van der Waals surface area (Å²) in [6, 6.07) is 0. The predicted octanol–water partition coefficient (Wildman–Crippen LogP) is 1.89. The van der Waals surface area contributed by atoms with Crippen LogP contribution in [0.15, 0.2) is 0 Å². The van der Waals surface area contributed by atoms with Crippen LogP contribution in [0.1, 0.15) is 38.5 Å². The third-order valence-corrected chi connectivity index (χ3v) is 2.97. The molecular formula is C10H19NO3. The molecule has 4 heteroatoms. The Balaban J connectivity index is 2.20. The first-order chi connectivity index (χ1) is 6.74. The van der Waals surface area contributed by atoms with E-state index in [1.807, 2.05) is 0 Å². The van der Waals surface area contributed by atoms with E-state index in [4.69, 9.17) is 10.2 Å². The van der Waals surface area contributed by atoms with E-state index in [9.17, 15) is 4.79 Å². The van der Waals surface area contributed by atoms with Crippen molar-refractivity contribution in [3.8, 4) is 0 Å². The van der Waals surface area contributed by atoms with Gasteiger partial charge < -0.3 is 10.2 Å². The van der Waals surface area contributed by atoms with Crippen LogP contribution in [0.3, 0.4) is 0 Å². The monoisotopic (exact) mass is 201 g/mol. The van der Waals surface area contributed by atoms with Crippen molar-refractivity contribution in [2.45, 2.75) is 38.5 Å². The van der Waals surface area contributed by atoms with E-state index in [2.05, 4.69) is 0 Å². The normalized spacial score (nSPS) is 18.1. The summed E-state index contributed by atoms with van der Waals surface area (Å²) < 4.78 is 0. The third-order valence-electron chi connectivity index (χ3n) is 2.97. The van der Waals surface area contributed by atoms with Crippen LogP contribution in [0.2, 0.25) is 0 Å². The Kier molecular flexibility index (Phi) is 4.73. The number of carboxylic acid groups (broad SMARTS) is 1. The minimum absolute atomic E-state index is 0.387. The van der Waals surface area contributed by atoms with Crippen LogP contribution in [0.25, 0.3) is 0 Å². The molecule has 0 radical (unpaired) electrons. The van der Waals surface area contributed by atoms with Crippen LogP contribution in [-0.4, -0.2) is 34.5 Å². The molecule has 0 aromatic heterocycles. The van der Waals surface area contributed by atoms with Crippen LogP contribution in [0, 0.1) is 5.92 Å². The summed E-state index contributed by atoms with van der Waals surface area (Å²) in [5, 5.41) is 17.4. The van der Waals surface area contributed by atoms with Gasteiger partial charge in [-0.3, -0.25) is 4.90 Å². The van der Waals surface area contributed by atoms with E-state index in [-0.39, 0.29) is 6.73 Å². The topological polar surface area (TPSA) is 60.8 Å². The molecule has 2 N–H and O–H groups in total. The maximum atomic E-state index is 10.6. The summed E-state index contributed by atoms with van der Waals surface area (Å²) in [5.74, 6) is 0.664. The van der Waals surface area contributed by atoms with Crippen LogP contribution < -0.4 is 0 Å². The second-order valence-corrected chi connectivity index (χ2v) is 3.98.